The Labute approximate surface area is 144 Å². The Morgan fingerprint density at radius 2 is 2.21 bits per heavy atom. The van der Waals surface area contributed by atoms with Crippen LogP contribution in [0, 0.1) is 0 Å². The SMILES string of the molecule is CN(Cc1nc2ccccc2[nH]1)C(=O)[C@H]1Cc2cc(Cl)ccc2O1. The fourth-order valence-electron chi connectivity index (χ4n) is 2.98. The van der Waals surface area contributed by atoms with E-state index in [0.29, 0.717) is 18.0 Å². The Balaban J connectivity index is 1.47. The molecule has 1 amide bonds. The summed E-state index contributed by atoms with van der Waals surface area (Å²) in [6.45, 7) is 0.407. The van der Waals surface area contributed by atoms with Crippen molar-refractivity contribution in [3.63, 3.8) is 0 Å². The first-order valence-corrected chi connectivity index (χ1v) is 8.11. The highest BCUT2D eigenvalue weighted by Crippen LogP contribution is 2.31. The van der Waals surface area contributed by atoms with E-state index in [1.165, 1.54) is 0 Å². The van der Waals surface area contributed by atoms with E-state index in [1.54, 1.807) is 18.0 Å². The lowest BCUT2D eigenvalue weighted by Crippen LogP contribution is -2.38. The van der Waals surface area contributed by atoms with Crippen LogP contribution in [0.4, 0.5) is 0 Å². The maximum atomic E-state index is 12.6. The van der Waals surface area contributed by atoms with E-state index in [0.717, 1.165) is 28.2 Å². The van der Waals surface area contributed by atoms with Crippen LogP contribution in [0.2, 0.25) is 5.02 Å². The Bertz CT molecular complexity index is 889. The van der Waals surface area contributed by atoms with Crippen LogP contribution in [-0.2, 0) is 17.8 Å². The second-order valence-corrected chi connectivity index (χ2v) is 6.39. The summed E-state index contributed by atoms with van der Waals surface area (Å²) < 4.78 is 5.76. The number of H-pyrrole nitrogens is 1. The van der Waals surface area contributed by atoms with Gasteiger partial charge in [-0.05, 0) is 35.9 Å². The molecule has 2 heterocycles. The number of hydrogen-bond donors (Lipinski definition) is 1. The summed E-state index contributed by atoms with van der Waals surface area (Å²) in [6.07, 6.45) is 0.0342. The summed E-state index contributed by atoms with van der Waals surface area (Å²) in [4.78, 5) is 22.0. The number of hydrogen-bond acceptors (Lipinski definition) is 3. The molecular formula is C18H16ClN3O2. The predicted molar refractivity (Wildman–Crippen MR) is 92.1 cm³/mol. The third-order valence-electron chi connectivity index (χ3n) is 4.17. The number of likely N-dealkylation sites (N-methyl/N-ethyl adjacent to an activating group) is 1. The summed E-state index contributed by atoms with van der Waals surface area (Å²) in [6, 6.07) is 13.2. The zero-order valence-electron chi connectivity index (χ0n) is 13.1. The number of amides is 1. The van der Waals surface area contributed by atoms with Gasteiger partial charge in [0.15, 0.2) is 6.10 Å². The van der Waals surface area contributed by atoms with Gasteiger partial charge in [0.25, 0.3) is 5.91 Å². The lowest BCUT2D eigenvalue weighted by atomic mass is 10.1. The largest absolute Gasteiger partial charge is 0.480 e. The maximum absolute atomic E-state index is 12.6. The second-order valence-electron chi connectivity index (χ2n) is 5.96. The third kappa shape index (κ3) is 2.71. The van der Waals surface area contributed by atoms with Crippen LogP contribution in [-0.4, -0.2) is 33.9 Å². The topological polar surface area (TPSA) is 58.2 Å². The highest BCUT2D eigenvalue weighted by molar-refractivity contribution is 6.30. The lowest BCUT2D eigenvalue weighted by molar-refractivity contribution is -0.137. The summed E-state index contributed by atoms with van der Waals surface area (Å²) >= 11 is 6.00. The van der Waals surface area contributed by atoms with Gasteiger partial charge in [0, 0.05) is 18.5 Å². The minimum atomic E-state index is -0.507. The van der Waals surface area contributed by atoms with Gasteiger partial charge < -0.3 is 14.6 Å². The number of carbonyl (C=O) groups excluding carboxylic acids is 1. The number of carbonyl (C=O) groups is 1. The molecule has 0 unspecified atom stereocenters. The lowest BCUT2D eigenvalue weighted by Gasteiger charge is -2.19. The summed E-state index contributed by atoms with van der Waals surface area (Å²) in [5.41, 5.74) is 2.83. The van der Waals surface area contributed by atoms with Crippen molar-refractivity contribution in [2.45, 2.75) is 19.1 Å². The number of rotatable bonds is 3. The van der Waals surface area contributed by atoms with E-state index < -0.39 is 6.10 Å². The van der Waals surface area contributed by atoms with Gasteiger partial charge >= 0.3 is 0 Å². The van der Waals surface area contributed by atoms with Crippen LogP contribution in [0.3, 0.4) is 0 Å². The fourth-order valence-corrected chi connectivity index (χ4v) is 3.18. The molecule has 0 aliphatic carbocycles. The molecule has 2 aromatic carbocycles. The van der Waals surface area contributed by atoms with Gasteiger partial charge in [0.05, 0.1) is 17.6 Å². The Hall–Kier alpha value is -2.53. The van der Waals surface area contributed by atoms with Crippen molar-refractivity contribution in [3.05, 3.63) is 58.9 Å². The van der Waals surface area contributed by atoms with Crippen molar-refractivity contribution in [2.24, 2.45) is 0 Å². The summed E-state index contributed by atoms with van der Waals surface area (Å²) in [5.74, 6) is 1.42. The molecule has 0 fully saturated rings. The van der Waals surface area contributed by atoms with Gasteiger partial charge in [0.2, 0.25) is 0 Å². The van der Waals surface area contributed by atoms with Crippen molar-refractivity contribution < 1.29 is 9.53 Å². The van der Waals surface area contributed by atoms with E-state index in [2.05, 4.69) is 9.97 Å². The van der Waals surface area contributed by atoms with Gasteiger partial charge in [-0.15, -0.1) is 0 Å². The van der Waals surface area contributed by atoms with Crippen LogP contribution < -0.4 is 4.74 Å². The van der Waals surface area contributed by atoms with Crippen LogP contribution in [0.1, 0.15) is 11.4 Å². The monoisotopic (exact) mass is 341 g/mol. The normalized spacial score (nSPS) is 16.0. The molecule has 5 nitrogen and oxygen atoms in total. The van der Waals surface area contributed by atoms with Gasteiger partial charge in [-0.25, -0.2) is 4.98 Å². The third-order valence-corrected chi connectivity index (χ3v) is 4.41. The molecule has 24 heavy (non-hydrogen) atoms. The van der Waals surface area contributed by atoms with Crippen molar-refractivity contribution in [1.29, 1.82) is 0 Å². The highest BCUT2D eigenvalue weighted by Gasteiger charge is 2.31. The van der Waals surface area contributed by atoms with Crippen molar-refractivity contribution >= 4 is 28.5 Å². The number of imidazole rings is 1. The number of ether oxygens (including phenoxy) is 1. The van der Waals surface area contributed by atoms with E-state index in [9.17, 15) is 4.79 Å². The minimum absolute atomic E-state index is 0.0669. The predicted octanol–water partition coefficient (Wildman–Crippen LogP) is 3.18. The maximum Gasteiger partial charge on any atom is 0.264 e. The number of aromatic amines is 1. The molecule has 4 rings (SSSR count). The van der Waals surface area contributed by atoms with E-state index in [-0.39, 0.29) is 5.91 Å². The Morgan fingerprint density at radius 1 is 1.38 bits per heavy atom. The van der Waals surface area contributed by atoms with Gasteiger partial charge in [-0.3, -0.25) is 4.79 Å². The Morgan fingerprint density at radius 3 is 3.04 bits per heavy atom. The smallest absolute Gasteiger partial charge is 0.264 e. The fraction of sp³-hybridized carbons (Fsp3) is 0.222. The molecule has 0 saturated heterocycles. The van der Waals surface area contributed by atoms with Crippen molar-refractivity contribution in [2.75, 3.05) is 7.05 Å². The molecule has 1 aliphatic heterocycles. The van der Waals surface area contributed by atoms with E-state index in [1.807, 2.05) is 36.4 Å². The molecule has 1 aliphatic rings. The molecular weight excluding hydrogens is 326 g/mol. The molecule has 122 valence electrons. The summed E-state index contributed by atoms with van der Waals surface area (Å²) in [7, 11) is 1.76. The number of nitrogens with one attached hydrogen (secondary N) is 1. The first kappa shape index (κ1) is 15.0. The van der Waals surface area contributed by atoms with Gasteiger partial charge in [-0.1, -0.05) is 23.7 Å². The molecule has 1 atom stereocenters. The molecule has 0 spiro atoms. The molecule has 0 bridgehead atoms. The number of halogens is 1. The average molecular weight is 342 g/mol. The number of para-hydroxylation sites is 2. The van der Waals surface area contributed by atoms with Gasteiger partial charge in [-0.2, -0.15) is 0 Å². The Kier molecular flexibility index (Phi) is 3.65. The standard InChI is InChI=1S/C18H16ClN3O2/c1-22(10-17-20-13-4-2-3-5-14(13)21-17)18(23)16-9-11-8-12(19)6-7-15(11)24-16/h2-8,16H,9-10H2,1H3,(H,20,21)/t16-/m1/s1. The zero-order valence-corrected chi connectivity index (χ0v) is 13.9. The molecule has 0 radical (unpaired) electrons. The quantitative estimate of drug-likeness (QED) is 0.796. The average Bonchev–Trinajstić information content (AvgIpc) is 3.16. The molecule has 3 aromatic rings. The van der Waals surface area contributed by atoms with Crippen molar-refractivity contribution in [1.82, 2.24) is 14.9 Å². The zero-order chi connectivity index (χ0) is 16.7. The van der Waals surface area contributed by atoms with Crippen molar-refractivity contribution in [3.8, 4) is 5.75 Å². The molecule has 0 saturated carbocycles. The van der Waals surface area contributed by atoms with Crippen LogP contribution in [0.25, 0.3) is 11.0 Å². The first-order valence-electron chi connectivity index (χ1n) is 7.74. The van der Waals surface area contributed by atoms with Gasteiger partial charge in [0.1, 0.15) is 11.6 Å². The minimum Gasteiger partial charge on any atom is -0.480 e. The highest BCUT2D eigenvalue weighted by atomic mass is 35.5. The number of benzene rings is 2. The van der Waals surface area contributed by atoms with E-state index in [4.69, 9.17) is 16.3 Å². The molecule has 1 aromatic heterocycles. The van der Waals surface area contributed by atoms with Crippen LogP contribution in [0.5, 0.6) is 5.75 Å². The molecule has 6 heteroatoms. The van der Waals surface area contributed by atoms with Crippen LogP contribution in [0.15, 0.2) is 42.5 Å². The first-order chi connectivity index (χ1) is 11.6. The number of nitrogens with zero attached hydrogens (tertiary/aromatic N) is 2. The number of fused-ring (bicyclic) bond motifs is 2. The number of aromatic nitrogens is 2. The second kappa shape index (κ2) is 5.83. The van der Waals surface area contributed by atoms with E-state index >= 15 is 0 Å². The molecule has 1 N–H and O–H groups in total. The summed E-state index contributed by atoms with van der Waals surface area (Å²) in [5, 5.41) is 0.654. The van der Waals surface area contributed by atoms with Crippen LogP contribution >= 0.6 is 11.6 Å².